The highest BCUT2D eigenvalue weighted by atomic mass is 19.4. The van der Waals surface area contributed by atoms with Crippen LogP contribution in [0.2, 0.25) is 0 Å². The lowest BCUT2D eigenvalue weighted by molar-refractivity contribution is -0.274. The van der Waals surface area contributed by atoms with Crippen LogP contribution >= 0.6 is 0 Å². The molecule has 2 amide bonds. The van der Waals surface area contributed by atoms with E-state index in [1.807, 2.05) is 19.9 Å². The molecule has 1 aromatic carbocycles. The van der Waals surface area contributed by atoms with E-state index in [2.05, 4.69) is 15.2 Å². The number of anilines is 1. The van der Waals surface area contributed by atoms with Crippen LogP contribution in [0.25, 0.3) is 6.08 Å². The van der Waals surface area contributed by atoms with Crippen molar-refractivity contribution >= 4 is 18.0 Å². The molecule has 9 heteroatoms. The fourth-order valence-electron chi connectivity index (χ4n) is 3.14. The zero-order valence-electron chi connectivity index (χ0n) is 16.3. The van der Waals surface area contributed by atoms with Crippen molar-refractivity contribution in [2.75, 3.05) is 18.4 Å². The van der Waals surface area contributed by atoms with Crippen molar-refractivity contribution in [3.63, 3.8) is 0 Å². The third kappa shape index (κ3) is 5.30. The van der Waals surface area contributed by atoms with Gasteiger partial charge in [0.25, 0.3) is 0 Å². The lowest BCUT2D eigenvalue weighted by Crippen LogP contribution is -2.42. The van der Waals surface area contributed by atoms with Gasteiger partial charge < -0.3 is 14.2 Å². The van der Waals surface area contributed by atoms with Crippen molar-refractivity contribution in [2.24, 2.45) is 5.92 Å². The number of aromatic nitrogens is 1. The molecule has 2 aromatic rings. The first kappa shape index (κ1) is 20.8. The Labute approximate surface area is 166 Å². The van der Waals surface area contributed by atoms with Crippen molar-refractivity contribution in [3.8, 4) is 5.75 Å². The van der Waals surface area contributed by atoms with Crippen LogP contribution in [-0.4, -0.2) is 35.5 Å². The maximum Gasteiger partial charge on any atom is 0.573 e. The van der Waals surface area contributed by atoms with Crippen LogP contribution in [0.3, 0.4) is 0 Å². The molecule has 156 valence electrons. The quantitative estimate of drug-likeness (QED) is 0.762. The molecule has 1 N–H and O–H groups in total. The van der Waals surface area contributed by atoms with Gasteiger partial charge in [-0.2, -0.15) is 0 Å². The number of ether oxygens (including phenoxy) is 1. The molecule has 2 heterocycles. The summed E-state index contributed by atoms with van der Waals surface area (Å²) in [6.45, 7) is 6.70. The highest BCUT2D eigenvalue weighted by molar-refractivity contribution is 5.88. The Morgan fingerprint density at radius 2 is 2.00 bits per heavy atom. The van der Waals surface area contributed by atoms with Gasteiger partial charge in [-0.3, -0.25) is 5.32 Å². The minimum absolute atomic E-state index is 0.109. The molecule has 1 fully saturated rings. The Balaban J connectivity index is 1.60. The Morgan fingerprint density at radius 3 is 2.55 bits per heavy atom. The number of hydrogen-bond acceptors (Lipinski definition) is 4. The summed E-state index contributed by atoms with van der Waals surface area (Å²) in [7, 11) is 0. The molecule has 3 rings (SSSR count). The van der Waals surface area contributed by atoms with Crippen LogP contribution in [0.15, 0.2) is 34.4 Å². The van der Waals surface area contributed by atoms with Gasteiger partial charge in [-0.1, -0.05) is 35.9 Å². The monoisotopic (exact) mass is 409 g/mol. The molecule has 1 aliphatic rings. The molecule has 29 heavy (non-hydrogen) atoms. The molecular formula is C20H22F3N3O3. The summed E-state index contributed by atoms with van der Waals surface area (Å²) < 4.78 is 45.7. The van der Waals surface area contributed by atoms with Gasteiger partial charge in [-0.05, 0) is 43.9 Å². The zero-order chi connectivity index (χ0) is 21.2. The number of halogens is 3. The maximum atomic E-state index is 12.5. The number of urea groups is 1. The third-order valence-electron chi connectivity index (χ3n) is 4.93. The highest BCUT2D eigenvalue weighted by Gasteiger charge is 2.31. The molecule has 1 aromatic heterocycles. The summed E-state index contributed by atoms with van der Waals surface area (Å²) >= 11 is 0. The molecule has 1 aliphatic heterocycles. The number of hydrogen-bond donors (Lipinski definition) is 1. The van der Waals surface area contributed by atoms with Crippen molar-refractivity contribution in [2.45, 2.75) is 33.6 Å². The van der Waals surface area contributed by atoms with E-state index in [1.54, 1.807) is 24.0 Å². The maximum absolute atomic E-state index is 12.5. The highest BCUT2D eigenvalue weighted by Crippen LogP contribution is 2.28. The van der Waals surface area contributed by atoms with E-state index in [0.29, 0.717) is 25.4 Å². The summed E-state index contributed by atoms with van der Waals surface area (Å²) in [5, 5.41) is 6.57. The molecule has 0 saturated carbocycles. The second kappa shape index (κ2) is 8.18. The first-order valence-corrected chi connectivity index (χ1v) is 9.17. The molecule has 0 spiro atoms. The molecule has 1 atom stereocenters. The second-order valence-electron chi connectivity index (χ2n) is 7.09. The summed E-state index contributed by atoms with van der Waals surface area (Å²) in [6.07, 6.45) is -2.09. The topological polar surface area (TPSA) is 67.6 Å². The number of benzene rings is 1. The van der Waals surface area contributed by atoms with Crippen LogP contribution in [0, 0.1) is 19.8 Å². The van der Waals surface area contributed by atoms with Gasteiger partial charge in [0.05, 0.1) is 5.69 Å². The number of alkyl halides is 3. The van der Waals surface area contributed by atoms with Gasteiger partial charge in [-0.25, -0.2) is 4.79 Å². The number of aryl methyl sites for hydroxylation is 1. The van der Waals surface area contributed by atoms with Crippen LogP contribution in [0.5, 0.6) is 5.75 Å². The number of rotatable bonds is 3. The molecule has 0 aliphatic carbocycles. The lowest BCUT2D eigenvalue weighted by atomic mass is 9.91. The van der Waals surface area contributed by atoms with Crippen LogP contribution in [0.1, 0.15) is 30.2 Å². The molecule has 1 unspecified atom stereocenters. The normalized spacial score (nSPS) is 18.8. The SMILES string of the molecule is Cc1noc(NC(=O)N2CCC(=Cc3ccc(OC(F)(F)F)cc3)C(C)C2)c1C. The fourth-order valence-corrected chi connectivity index (χ4v) is 3.14. The predicted octanol–water partition coefficient (Wildman–Crippen LogP) is 5.15. The average Bonchev–Trinajstić information content (AvgIpc) is 2.95. The van der Waals surface area contributed by atoms with E-state index in [4.69, 9.17) is 4.52 Å². The number of piperidine rings is 1. The van der Waals surface area contributed by atoms with E-state index < -0.39 is 6.36 Å². The summed E-state index contributed by atoms with van der Waals surface area (Å²) in [5.74, 6) is 0.206. The van der Waals surface area contributed by atoms with Crippen LogP contribution < -0.4 is 10.1 Å². The van der Waals surface area contributed by atoms with Gasteiger partial charge in [0.2, 0.25) is 5.88 Å². The fraction of sp³-hybridized carbons (Fsp3) is 0.400. The van der Waals surface area contributed by atoms with Crippen LogP contribution in [-0.2, 0) is 0 Å². The summed E-state index contributed by atoms with van der Waals surface area (Å²) in [5.41, 5.74) is 3.43. The van der Waals surface area contributed by atoms with E-state index in [-0.39, 0.29) is 17.7 Å². The molecule has 0 radical (unpaired) electrons. The van der Waals surface area contributed by atoms with Crippen molar-refractivity contribution < 1.29 is 27.2 Å². The van der Waals surface area contributed by atoms with Gasteiger partial charge in [0.1, 0.15) is 5.75 Å². The second-order valence-corrected chi connectivity index (χ2v) is 7.09. The molecular weight excluding hydrogens is 387 g/mol. The smallest absolute Gasteiger partial charge is 0.406 e. The Morgan fingerprint density at radius 1 is 1.31 bits per heavy atom. The Kier molecular flexibility index (Phi) is 5.86. The Bertz CT molecular complexity index is 904. The van der Waals surface area contributed by atoms with Crippen molar-refractivity contribution in [1.82, 2.24) is 10.1 Å². The Hall–Kier alpha value is -2.97. The van der Waals surface area contributed by atoms with Crippen molar-refractivity contribution in [3.05, 3.63) is 46.7 Å². The van der Waals surface area contributed by atoms with E-state index in [0.717, 1.165) is 22.4 Å². The van der Waals surface area contributed by atoms with E-state index in [1.165, 1.54) is 12.1 Å². The largest absolute Gasteiger partial charge is 0.573 e. The predicted molar refractivity (Wildman–Crippen MR) is 101 cm³/mol. The number of nitrogens with one attached hydrogen (secondary N) is 1. The zero-order valence-corrected chi connectivity index (χ0v) is 16.3. The lowest BCUT2D eigenvalue weighted by Gasteiger charge is -2.33. The number of carbonyl (C=O) groups excluding carboxylic acids is 1. The van der Waals surface area contributed by atoms with Crippen LogP contribution in [0.4, 0.5) is 23.8 Å². The number of likely N-dealkylation sites (tertiary alicyclic amines) is 1. The summed E-state index contributed by atoms with van der Waals surface area (Å²) in [6, 6.07) is 5.48. The molecule has 0 bridgehead atoms. The standard InChI is InChI=1S/C20H22F3N3O3/c1-12-11-26(19(27)24-18-13(2)14(3)25-29-18)9-8-16(12)10-15-4-6-17(7-5-15)28-20(21,22)23/h4-7,10,12H,8-9,11H2,1-3H3,(H,24,27). The first-order chi connectivity index (χ1) is 13.6. The summed E-state index contributed by atoms with van der Waals surface area (Å²) in [4.78, 5) is 14.2. The first-order valence-electron chi connectivity index (χ1n) is 9.17. The van der Waals surface area contributed by atoms with Gasteiger partial charge in [-0.15, -0.1) is 13.2 Å². The number of amides is 2. The van der Waals surface area contributed by atoms with Gasteiger partial charge in [0, 0.05) is 18.7 Å². The molecule has 1 saturated heterocycles. The van der Waals surface area contributed by atoms with Gasteiger partial charge >= 0.3 is 12.4 Å². The average molecular weight is 409 g/mol. The molecule has 6 nitrogen and oxygen atoms in total. The number of carbonyl (C=O) groups is 1. The van der Waals surface area contributed by atoms with E-state index >= 15 is 0 Å². The third-order valence-corrected chi connectivity index (χ3v) is 4.93. The van der Waals surface area contributed by atoms with Gasteiger partial charge in [0.15, 0.2) is 0 Å². The minimum atomic E-state index is -4.70. The number of nitrogens with zero attached hydrogens (tertiary/aromatic N) is 2. The van der Waals surface area contributed by atoms with E-state index in [9.17, 15) is 18.0 Å². The van der Waals surface area contributed by atoms with Crippen molar-refractivity contribution in [1.29, 1.82) is 0 Å². The minimum Gasteiger partial charge on any atom is -0.406 e.